The predicted molar refractivity (Wildman–Crippen MR) is 61.2 cm³/mol. The largest absolute Gasteiger partial charge is 0.393 e. The zero-order valence-corrected chi connectivity index (χ0v) is 9.64. The summed E-state index contributed by atoms with van der Waals surface area (Å²) in [7, 11) is 0. The molecule has 0 amide bonds. The second kappa shape index (κ2) is 4.31. The van der Waals surface area contributed by atoms with Gasteiger partial charge in [0.15, 0.2) is 0 Å². The van der Waals surface area contributed by atoms with E-state index < -0.39 is 0 Å². The molecule has 1 atom stereocenters. The fraction of sp³-hybridized carbons (Fsp3) is 0.692. The lowest BCUT2D eigenvalue weighted by molar-refractivity contribution is 0.197. The van der Waals surface area contributed by atoms with Crippen LogP contribution in [-0.4, -0.2) is 11.2 Å². The van der Waals surface area contributed by atoms with E-state index in [0.29, 0.717) is 0 Å². The molecule has 0 bridgehead atoms. The van der Waals surface area contributed by atoms with E-state index in [9.17, 15) is 5.11 Å². The van der Waals surface area contributed by atoms with Gasteiger partial charge in [-0.3, -0.25) is 0 Å². The molecule has 0 heterocycles. The van der Waals surface area contributed by atoms with Crippen LogP contribution >= 0.6 is 0 Å². The minimum atomic E-state index is -0.243. The summed E-state index contributed by atoms with van der Waals surface area (Å²) in [5.41, 5.74) is 2.89. The monoisotopic (exact) mass is 194 g/mol. The van der Waals surface area contributed by atoms with Crippen molar-refractivity contribution >= 4 is 0 Å². The molecule has 0 aliphatic heterocycles. The highest BCUT2D eigenvalue weighted by atomic mass is 16.3. The van der Waals surface area contributed by atoms with E-state index in [2.05, 4.69) is 26.5 Å². The minimum absolute atomic E-state index is 0.243. The summed E-state index contributed by atoms with van der Waals surface area (Å²) >= 11 is 0. The molecule has 1 aliphatic rings. The zero-order chi connectivity index (χ0) is 10.8. The average molecular weight is 194 g/mol. The summed E-state index contributed by atoms with van der Waals surface area (Å²) < 4.78 is 0. The first-order valence-electron chi connectivity index (χ1n) is 5.50. The van der Waals surface area contributed by atoms with Crippen molar-refractivity contribution in [2.75, 3.05) is 0 Å². The van der Waals surface area contributed by atoms with Crippen LogP contribution in [0.2, 0.25) is 0 Å². The molecule has 0 radical (unpaired) electrons. The van der Waals surface area contributed by atoms with Gasteiger partial charge in [0.2, 0.25) is 0 Å². The van der Waals surface area contributed by atoms with Crippen molar-refractivity contribution < 1.29 is 5.11 Å². The van der Waals surface area contributed by atoms with Crippen molar-refractivity contribution in [3.63, 3.8) is 0 Å². The number of rotatable bonds is 2. The van der Waals surface area contributed by atoms with E-state index in [4.69, 9.17) is 0 Å². The Kier molecular flexibility index (Phi) is 3.54. The molecular formula is C13H22O. The molecular weight excluding hydrogens is 172 g/mol. The van der Waals surface area contributed by atoms with Crippen LogP contribution in [0, 0.1) is 5.41 Å². The van der Waals surface area contributed by atoms with Gasteiger partial charge in [0.25, 0.3) is 0 Å². The molecule has 1 rings (SSSR count). The summed E-state index contributed by atoms with van der Waals surface area (Å²) in [4.78, 5) is 0. The molecule has 0 aromatic rings. The number of hydrogen-bond acceptors (Lipinski definition) is 1. The average Bonchev–Trinajstić information content (AvgIpc) is 2.01. The van der Waals surface area contributed by atoms with Crippen molar-refractivity contribution in [3.05, 3.63) is 23.8 Å². The van der Waals surface area contributed by atoms with Crippen LogP contribution in [0.3, 0.4) is 0 Å². The van der Waals surface area contributed by atoms with Gasteiger partial charge in [0.1, 0.15) is 0 Å². The van der Waals surface area contributed by atoms with Crippen LogP contribution in [0.25, 0.3) is 0 Å². The van der Waals surface area contributed by atoms with Gasteiger partial charge >= 0.3 is 0 Å². The summed E-state index contributed by atoms with van der Waals surface area (Å²) in [5.74, 6) is 0. The second-order valence-electron chi connectivity index (χ2n) is 5.04. The van der Waals surface area contributed by atoms with Crippen molar-refractivity contribution in [2.45, 2.75) is 52.6 Å². The minimum Gasteiger partial charge on any atom is -0.393 e. The van der Waals surface area contributed by atoms with Gasteiger partial charge in [0, 0.05) is 0 Å². The van der Waals surface area contributed by atoms with Gasteiger partial charge in [-0.2, -0.15) is 0 Å². The molecule has 1 N–H and O–H groups in total. The topological polar surface area (TPSA) is 20.2 Å². The molecule has 0 aromatic heterocycles. The highest BCUT2D eigenvalue weighted by Crippen LogP contribution is 2.42. The standard InChI is InChI=1S/C13H22O/c1-10-6-5-9-13(3,4)12(10)8-7-11(2)14/h8,11,14H,1,5-7,9H2,2-4H3. The van der Waals surface area contributed by atoms with Crippen LogP contribution in [0.1, 0.15) is 46.5 Å². The smallest absolute Gasteiger partial charge is 0.0546 e. The van der Waals surface area contributed by atoms with Crippen LogP contribution < -0.4 is 0 Å². The Hall–Kier alpha value is -0.560. The fourth-order valence-corrected chi connectivity index (χ4v) is 2.20. The maximum atomic E-state index is 9.27. The Bertz CT molecular complexity index is 246. The zero-order valence-electron chi connectivity index (χ0n) is 9.64. The van der Waals surface area contributed by atoms with Crippen LogP contribution in [0.5, 0.6) is 0 Å². The SMILES string of the molecule is C=C1CCCC(C)(C)C1=CCC(C)O. The quantitative estimate of drug-likeness (QED) is 0.714. The van der Waals surface area contributed by atoms with Gasteiger partial charge in [-0.25, -0.2) is 0 Å². The molecule has 14 heavy (non-hydrogen) atoms. The highest BCUT2D eigenvalue weighted by Gasteiger charge is 2.28. The Morgan fingerprint density at radius 2 is 2.21 bits per heavy atom. The molecule has 1 unspecified atom stereocenters. The van der Waals surface area contributed by atoms with Gasteiger partial charge in [-0.15, -0.1) is 0 Å². The molecule has 1 heteroatoms. The Balaban J connectivity index is 2.80. The molecule has 0 saturated heterocycles. The Morgan fingerprint density at radius 1 is 1.57 bits per heavy atom. The molecule has 0 spiro atoms. The van der Waals surface area contributed by atoms with Gasteiger partial charge < -0.3 is 5.11 Å². The molecule has 1 nitrogen and oxygen atoms in total. The molecule has 0 aromatic carbocycles. The molecule has 1 aliphatic carbocycles. The first-order valence-corrected chi connectivity index (χ1v) is 5.50. The highest BCUT2D eigenvalue weighted by molar-refractivity contribution is 5.35. The van der Waals surface area contributed by atoms with E-state index in [0.717, 1.165) is 12.8 Å². The number of hydrogen-bond donors (Lipinski definition) is 1. The van der Waals surface area contributed by atoms with E-state index in [-0.39, 0.29) is 11.5 Å². The fourth-order valence-electron chi connectivity index (χ4n) is 2.20. The third-order valence-electron chi connectivity index (χ3n) is 3.05. The second-order valence-corrected chi connectivity index (χ2v) is 5.04. The normalized spacial score (nSPS) is 26.6. The van der Waals surface area contributed by atoms with Crippen molar-refractivity contribution in [1.82, 2.24) is 0 Å². The van der Waals surface area contributed by atoms with Crippen LogP contribution in [0.15, 0.2) is 23.8 Å². The van der Waals surface area contributed by atoms with Crippen molar-refractivity contribution in [2.24, 2.45) is 5.41 Å². The predicted octanol–water partition coefficient (Wildman–Crippen LogP) is 3.45. The van der Waals surface area contributed by atoms with E-state index in [1.54, 1.807) is 0 Å². The molecule has 1 saturated carbocycles. The first kappa shape index (κ1) is 11.5. The lowest BCUT2D eigenvalue weighted by atomic mass is 9.71. The van der Waals surface area contributed by atoms with E-state index in [1.807, 2.05) is 6.92 Å². The number of allylic oxidation sites excluding steroid dienone is 2. The maximum absolute atomic E-state index is 9.27. The first-order chi connectivity index (χ1) is 6.43. The summed E-state index contributed by atoms with van der Waals surface area (Å²) in [6, 6.07) is 0. The van der Waals surface area contributed by atoms with Crippen molar-refractivity contribution in [3.8, 4) is 0 Å². The molecule has 80 valence electrons. The molecule has 1 fully saturated rings. The van der Waals surface area contributed by atoms with Gasteiger partial charge in [0.05, 0.1) is 6.10 Å². The van der Waals surface area contributed by atoms with Crippen LogP contribution in [-0.2, 0) is 0 Å². The summed E-state index contributed by atoms with van der Waals surface area (Å²) in [6.07, 6.45) is 6.28. The summed E-state index contributed by atoms with van der Waals surface area (Å²) in [5, 5.41) is 9.27. The van der Waals surface area contributed by atoms with Crippen LogP contribution in [0.4, 0.5) is 0 Å². The lowest BCUT2D eigenvalue weighted by Crippen LogP contribution is -2.21. The van der Waals surface area contributed by atoms with E-state index in [1.165, 1.54) is 24.0 Å². The lowest BCUT2D eigenvalue weighted by Gasteiger charge is -2.34. The summed E-state index contributed by atoms with van der Waals surface area (Å²) in [6.45, 7) is 10.5. The van der Waals surface area contributed by atoms with E-state index >= 15 is 0 Å². The third-order valence-corrected chi connectivity index (χ3v) is 3.05. The van der Waals surface area contributed by atoms with Gasteiger partial charge in [-0.05, 0) is 43.6 Å². The third kappa shape index (κ3) is 2.71. The van der Waals surface area contributed by atoms with Gasteiger partial charge in [-0.1, -0.05) is 32.1 Å². The number of aliphatic hydroxyl groups is 1. The van der Waals surface area contributed by atoms with Crippen molar-refractivity contribution in [1.29, 1.82) is 0 Å². The Morgan fingerprint density at radius 3 is 2.71 bits per heavy atom. The maximum Gasteiger partial charge on any atom is 0.0546 e. The Labute approximate surface area is 87.5 Å². The number of aliphatic hydroxyl groups excluding tert-OH is 1.